The van der Waals surface area contributed by atoms with Crippen molar-refractivity contribution in [2.24, 2.45) is 0 Å². The third-order valence-electron chi connectivity index (χ3n) is 4.68. The van der Waals surface area contributed by atoms with E-state index in [1.807, 2.05) is 0 Å². The molecular weight excluding hydrogens is 413 g/mol. The van der Waals surface area contributed by atoms with Gasteiger partial charge in [-0.3, -0.25) is 9.59 Å². The Morgan fingerprint density at radius 2 is 1.93 bits per heavy atom. The fourth-order valence-corrected chi connectivity index (χ4v) is 3.88. The molecule has 1 N–H and O–H groups in total. The lowest BCUT2D eigenvalue weighted by molar-refractivity contribution is -0.119. The van der Waals surface area contributed by atoms with Crippen molar-refractivity contribution < 1.29 is 9.59 Å². The smallest absolute Gasteiger partial charge is 0.254 e. The molecular formula is C20H17Cl2N5O2. The third-order valence-corrected chi connectivity index (χ3v) is 5.12. The van der Waals surface area contributed by atoms with Crippen molar-refractivity contribution >= 4 is 40.7 Å². The maximum absolute atomic E-state index is 12.9. The number of likely N-dealkylation sites (tertiary alicyclic amines) is 1. The Balaban J connectivity index is 1.47. The Morgan fingerprint density at radius 3 is 2.59 bits per heavy atom. The van der Waals surface area contributed by atoms with Crippen molar-refractivity contribution in [1.29, 1.82) is 0 Å². The summed E-state index contributed by atoms with van der Waals surface area (Å²) in [5.74, 6) is 0.125. The van der Waals surface area contributed by atoms with E-state index in [0.717, 1.165) is 6.42 Å². The molecule has 4 rings (SSSR count). The standard InChI is InChI=1S/C20H17Cl2N5O2/c21-14-9-13(10-15(22)11-14)20(29)26-7-1-3-17(26)19(28)25-16-4-5-18(23-12-16)27-8-2-6-24-27/h2,4-6,8-12,17H,1,3,7H2,(H,25,28). The van der Waals surface area contributed by atoms with Crippen LogP contribution in [0.15, 0.2) is 55.0 Å². The number of hydrogen-bond acceptors (Lipinski definition) is 4. The topological polar surface area (TPSA) is 80.1 Å². The lowest BCUT2D eigenvalue weighted by Crippen LogP contribution is -2.43. The zero-order valence-electron chi connectivity index (χ0n) is 15.3. The van der Waals surface area contributed by atoms with Crippen molar-refractivity contribution in [3.05, 3.63) is 70.6 Å². The second-order valence-electron chi connectivity index (χ2n) is 6.66. The number of aromatic nitrogens is 3. The molecule has 1 aliphatic heterocycles. The van der Waals surface area contributed by atoms with Crippen LogP contribution >= 0.6 is 23.2 Å². The highest BCUT2D eigenvalue weighted by Gasteiger charge is 2.34. The van der Waals surface area contributed by atoms with Crippen molar-refractivity contribution in [1.82, 2.24) is 19.7 Å². The molecule has 0 saturated carbocycles. The molecule has 1 aliphatic rings. The van der Waals surface area contributed by atoms with Gasteiger partial charge >= 0.3 is 0 Å². The van der Waals surface area contributed by atoms with Crippen LogP contribution in [0.25, 0.3) is 5.82 Å². The van der Waals surface area contributed by atoms with Crippen LogP contribution in [0.5, 0.6) is 0 Å². The number of carbonyl (C=O) groups is 2. The van der Waals surface area contributed by atoms with E-state index in [4.69, 9.17) is 23.2 Å². The summed E-state index contributed by atoms with van der Waals surface area (Å²) in [6.45, 7) is 0.498. The zero-order valence-corrected chi connectivity index (χ0v) is 16.8. The number of anilines is 1. The highest BCUT2D eigenvalue weighted by Crippen LogP contribution is 2.25. The molecule has 0 spiro atoms. The molecule has 2 amide bonds. The molecule has 0 bridgehead atoms. The van der Waals surface area contributed by atoms with Gasteiger partial charge in [0, 0.05) is 34.5 Å². The Labute approximate surface area is 177 Å². The summed E-state index contributed by atoms with van der Waals surface area (Å²) in [5.41, 5.74) is 0.920. The molecule has 9 heteroatoms. The predicted octanol–water partition coefficient (Wildman–Crippen LogP) is 3.82. The fraction of sp³-hybridized carbons (Fsp3) is 0.200. The second-order valence-corrected chi connectivity index (χ2v) is 7.53. The average molecular weight is 430 g/mol. The quantitative estimate of drug-likeness (QED) is 0.683. The summed E-state index contributed by atoms with van der Waals surface area (Å²) in [6, 6.07) is 9.42. The SMILES string of the molecule is O=C(Nc1ccc(-n2cccn2)nc1)C1CCCN1C(=O)c1cc(Cl)cc(Cl)c1. The summed E-state index contributed by atoms with van der Waals surface area (Å²) in [7, 11) is 0. The minimum atomic E-state index is -0.564. The number of pyridine rings is 1. The van der Waals surface area contributed by atoms with Crippen LogP contribution in [-0.4, -0.2) is 44.1 Å². The van der Waals surface area contributed by atoms with Gasteiger partial charge in [0.25, 0.3) is 5.91 Å². The highest BCUT2D eigenvalue weighted by atomic mass is 35.5. The number of benzene rings is 1. The molecule has 1 atom stereocenters. The zero-order chi connectivity index (χ0) is 20.4. The number of nitrogens with zero attached hydrogens (tertiary/aromatic N) is 4. The van der Waals surface area contributed by atoms with Gasteiger partial charge < -0.3 is 10.2 Å². The molecule has 3 aromatic rings. The Morgan fingerprint density at radius 1 is 1.14 bits per heavy atom. The van der Waals surface area contributed by atoms with Gasteiger partial charge in [0.1, 0.15) is 6.04 Å². The summed E-state index contributed by atoms with van der Waals surface area (Å²) in [4.78, 5) is 31.6. The van der Waals surface area contributed by atoms with Crippen LogP contribution in [0.3, 0.4) is 0 Å². The normalized spacial score (nSPS) is 16.1. The van der Waals surface area contributed by atoms with E-state index < -0.39 is 6.04 Å². The summed E-state index contributed by atoms with van der Waals surface area (Å²) in [6.07, 6.45) is 6.34. The van der Waals surface area contributed by atoms with Gasteiger partial charge in [0.15, 0.2) is 5.82 Å². The van der Waals surface area contributed by atoms with Crippen LogP contribution in [0, 0.1) is 0 Å². The van der Waals surface area contributed by atoms with Gasteiger partial charge in [-0.15, -0.1) is 0 Å². The molecule has 1 aromatic carbocycles. The van der Waals surface area contributed by atoms with E-state index >= 15 is 0 Å². The Hall–Kier alpha value is -2.90. The lowest BCUT2D eigenvalue weighted by atomic mass is 10.1. The van der Waals surface area contributed by atoms with Crippen LogP contribution in [0.4, 0.5) is 5.69 Å². The van der Waals surface area contributed by atoms with E-state index in [1.54, 1.807) is 64.6 Å². The summed E-state index contributed by atoms with van der Waals surface area (Å²) in [5, 5.41) is 7.71. The van der Waals surface area contributed by atoms with E-state index in [0.29, 0.717) is 40.1 Å². The number of amides is 2. The Bertz CT molecular complexity index is 1020. The van der Waals surface area contributed by atoms with E-state index in [1.165, 1.54) is 0 Å². The van der Waals surface area contributed by atoms with E-state index in [2.05, 4.69) is 15.4 Å². The van der Waals surface area contributed by atoms with Gasteiger partial charge in [-0.05, 0) is 49.2 Å². The van der Waals surface area contributed by atoms with Gasteiger partial charge in [-0.1, -0.05) is 23.2 Å². The summed E-state index contributed by atoms with van der Waals surface area (Å²) < 4.78 is 1.62. The van der Waals surface area contributed by atoms with E-state index in [9.17, 15) is 9.59 Å². The van der Waals surface area contributed by atoms with Gasteiger partial charge in [0.2, 0.25) is 5.91 Å². The van der Waals surface area contributed by atoms with Crippen LogP contribution in [-0.2, 0) is 4.79 Å². The predicted molar refractivity (Wildman–Crippen MR) is 111 cm³/mol. The van der Waals surface area contributed by atoms with Crippen molar-refractivity contribution in [2.75, 3.05) is 11.9 Å². The number of carbonyl (C=O) groups excluding carboxylic acids is 2. The monoisotopic (exact) mass is 429 g/mol. The Kier molecular flexibility index (Phi) is 5.51. The van der Waals surface area contributed by atoms with Gasteiger partial charge in [-0.2, -0.15) is 5.10 Å². The van der Waals surface area contributed by atoms with Crippen LogP contribution in [0.1, 0.15) is 23.2 Å². The maximum Gasteiger partial charge on any atom is 0.254 e. The summed E-state index contributed by atoms with van der Waals surface area (Å²) >= 11 is 12.0. The second kappa shape index (κ2) is 8.23. The van der Waals surface area contributed by atoms with Crippen LogP contribution < -0.4 is 5.32 Å². The molecule has 1 fully saturated rings. The van der Waals surface area contributed by atoms with Crippen molar-refractivity contribution in [3.63, 3.8) is 0 Å². The molecule has 1 unspecified atom stereocenters. The van der Waals surface area contributed by atoms with E-state index in [-0.39, 0.29) is 11.8 Å². The molecule has 1 saturated heterocycles. The van der Waals surface area contributed by atoms with Crippen molar-refractivity contribution in [2.45, 2.75) is 18.9 Å². The number of nitrogens with one attached hydrogen (secondary N) is 1. The molecule has 3 heterocycles. The third kappa shape index (κ3) is 4.26. The fourth-order valence-electron chi connectivity index (χ4n) is 3.35. The first-order valence-electron chi connectivity index (χ1n) is 9.05. The van der Waals surface area contributed by atoms with Crippen molar-refractivity contribution in [3.8, 4) is 5.82 Å². The first-order chi connectivity index (χ1) is 14.0. The molecule has 2 aromatic heterocycles. The molecule has 29 heavy (non-hydrogen) atoms. The molecule has 7 nitrogen and oxygen atoms in total. The number of hydrogen-bond donors (Lipinski definition) is 1. The molecule has 0 aliphatic carbocycles. The molecule has 0 radical (unpaired) electrons. The van der Waals surface area contributed by atoms with Gasteiger partial charge in [-0.25, -0.2) is 9.67 Å². The minimum absolute atomic E-state index is 0.252. The number of halogens is 2. The van der Waals surface area contributed by atoms with Crippen LogP contribution in [0.2, 0.25) is 10.0 Å². The highest BCUT2D eigenvalue weighted by molar-refractivity contribution is 6.35. The molecule has 148 valence electrons. The maximum atomic E-state index is 12.9. The first-order valence-corrected chi connectivity index (χ1v) is 9.81. The average Bonchev–Trinajstić information content (AvgIpc) is 3.39. The number of rotatable bonds is 4. The minimum Gasteiger partial charge on any atom is -0.327 e. The van der Waals surface area contributed by atoms with Gasteiger partial charge in [0.05, 0.1) is 11.9 Å². The lowest BCUT2D eigenvalue weighted by Gasteiger charge is -2.24. The first kappa shape index (κ1) is 19.4. The largest absolute Gasteiger partial charge is 0.327 e.